The van der Waals surface area contributed by atoms with Crippen molar-refractivity contribution in [2.75, 3.05) is 0 Å². The predicted molar refractivity (Wildman–Crippen MR) is 88.5 cm³/mol. The Morgan fingerprint density at radius 2 is 2.10 bits per heavy atom. The molecule has 0 fully saturated rings. The van der Waals surface area contributed by atoms with Crippen LogP contribution in [-0.4, -0.2) is 15.3 Å². The van der Waals surface area contributed by atoms with Crippen LogP contribution in [0.3, 0.4) is 0 Å². The maximum Gasteiger partial charge on any atom is 0.180 e. The minimum absolute atomic E-state index is 0.0832. The van der Waals surface area contributed by atoms with Crippen molar-refractivity contribution in [3.05, 3.63) is 49.3 Å². The van der Waals surface area contributed by atoms with Crippen LogP contribution in [0.5, 0.6) is 0 Å². The molecule has 0 atom stereocenters. The first kappa shape index (κ1) is 14.0. The van der Waals surface area contributed by atoms with Crippen molar-refractivity contribution in [1.29, 1.82) is 0 Å². The lowest BCUT2D eigenvalue weighted by Crippen LogP contribution is -2.06. The number of hydrogen-bond acceptors (Lipinski definition) is 3. The van der Waals surface area contributed by atoms with Gasteiger partial charge in [-0.1, -0.05) is 12.1 Å². The van der Waals surface area contributed by atoms with Crippen molar-refractivity contribution in [2.45, 2.75) is 6.42 Å². The van der Waals surface area contributed by atoms with Gasteiger partial charge < -0.3 is 4.57 Å². The Morgan fingerprint density at radius 3 is 2.75 bits per heavy atom. The second kappa shape index (κ2) is 5.42. The molecule has 3 aromatic rings. The second-order valence-corrected chi connectivity index (χ2v) is 7.63. The normalized spacial score (nSPS) is 11.2. The number of aromatic nitrogens is 2. The molecule has 2 heterocycles. The third kappa shape index (κ3) is 2.47. The van der Waals surface area contributed by atoms with Gasteiger partial charge in [0, 0.05) is 11.5 Å². The summed E-state index contributed by atoms with van der Waals surface area (Å²) in [5.74, 6) is 0.872. The first-order chi connectivity index (χ1) is 9.56. The number of carbonyl (C=O) groups excluding carboxylic acids is 1. The van der Waals surface area contributed by atoms with Crippen molar-refractivity contribution in [3.8, 4) is 0 Å². The summed E-state index contributed by atoms with van der Waals surface area (Å²) in [4.78, 5) is 17.6. The predicted octanol–water partition coefficient (Wildman–Crippen LogP) is 4.59. The molecule has 0 aliphatic carbocycles. The maximum atomic E-state index is 12.3. The van der Waals surface area contributed by atoms with Crippen molar-refractivity contribution in [1.82, 2.24) is 9.55 Å². The van der Waals surface area contributed by atoms with E-state index in [1.54, 1.807) is 0 Å². The van der Waals surface area contributed by atoms with E-state index < -0.39 is 0 Å². The number of imidazole rings is 1. The van der Waals surface area contributed by atoms with Crippen molar-refractivity contribution < 1.29 is 4.79 Å². The van der Waals surface area contributed by atoms with Crippen LogP contribution in [0.2, 0.25) is 0 Å². The topological polar surface area (TPSA) is 34.9 Å². The van der Waals surface area contributed by atoms with Crippen molar-refractivity contribution >= 4 is 60.0 Å². The highest BCUT2D eigenvalue weighted by Gasteiger charge is 2.16. The third-order valence-corrected chi connectivity index (χ3v) is 6.42. The van der Waals surface area contributed by atoms with E-state index in [0.29, 0.717) is 6.42 Å². The summed E-state index contributed by atoms with van der Waals surface area (Å²) in [6.07, 6.45) is 0.310. The third-order valence-electron chi connectivity index (χ3n) is 3.12. The van der Waals surface area contributed by atoms with Crippen LogP contribution >= 0.6 is 43.2 Å². The molecular formula is C14H10Br2N2OS. The SMILES string of the molecule is Cn1c(CC(=O)c2cc(Br)c(Br)s2)nc2ccccc21. The molecule has 20 heavy (non-hydrogen) atoms. The number of hydrogen-bond donors (Lipinski definition) is 0. The van der Waals surface area contributed by atoms with Crippen LogP contribution in [0.15, 0.2) is 38.6 Å². The minimum Gasteiger partial charge on any atom is -0.331 e. The van der Waals surface area contributed by atoms with Gasteiger partial charge in [-0.15, -0.1) is 11.3 Å². The summed E-state index contributed by atoms with van der Waals surface area (Å²) in [5.41, 5.74) is 1.97. The fourth-order valence-electron chi connectivity index (χ4n) is 2.07. The quantitative estimate of drug-likeness (QED) is 0.588. The largest absolute Gasteiger partial charge is 0.331 e. The van der Waals surface area contributed by atoms with Crippen LogP contribution in [-0.2, 0) is 13.5 Å². The summed E-state index contributed by atoms with van der Waals surface area (Å²) >= 11 is 8.25. The van der Waals surface area contributed by atoms with Crippen molar-refractivity contribution in [2.24, 2.45) is 7.05 Å². The Morgan fingerprint density at radius 1 is 1.35 bits per heavy atom. The number of fused-ring (bicyclic) bond motifs is 1. The highest BCUT2D eigenvalue weighted by atomic mass is 79.9. The molecule has 3 rings (SSSR count). The maximum absolute atomic E-state index is 12.3. The Balaban J connectivity index is 1.93. The van der Waals surface area contributed by atoms with Gasteiger partial charge in [-0.25, -0.2) is 4.98 Å². The fourth-order valence-corrected chi connectivity index (χ4v) is 4.04. The van der Waals surface area contributed by atoms with Gasteiger partial charge in [0.15, 0.2) is 5.78 Å². The molecule has 0 spiro atoms. The molecule has 1 aromatic carbocycles. The molecule has 0 saturated heterocycles. The minimum atomic E-state index is 0.0832. The van der Waals surface area contributed by atoms with E-state index in [1.165, 1.54) is 11.3 Å². The van der Waals surface area contributed by atoms with Gasteiger partial charge in [0.1, 0.15) is 5.82 Å². The molecule has 0 N–H and O–H groups in total. The first-order valence-electron chi connectivity index (χ1n) is 5.94. The average molecular weight is 414 g/mol. The van der Waals surface area contributed by atoms with Gasteiger partial charge >= 0.3 is 0 Å². The summed E-state index contributed by atoms with van der Waals surface area (Å²) in [7, 11) is 1.94. The summed E-state index contributed by atoms with van der Waals surface area (Å²) in [6, 6.07) is 9.74. The van der Waals surface area contributed by atoms with Crippen LogP contribution in [0.1, 0.15) is 15.5 Å². The molecule has 0 amide bonds. The zero-order valence-electron chi connectivity index (χ0n) is 10.6. The number of nitrogens with zero attached hydrogens (tertiary/aromatic N) is 2. The average Bonchev–Trinajstić information content (AvgIpc) is 2.92. The molecule has 102 valence electrons. The van der Waals surface area contributed by atoms with Gasteiger partial charge in [-0.05, 0) is 50.1 Å². The lowest BCUT2D eigenvalue weighted by atomic mass is 10.2. The number of thiophene rings is 1. The van der Waals surface area contributed by atoms with E-state index in [0.717, 1.165) is 30.0 Å². The summed E-state index contributed by atoms with van der Waals surface area (Å²) in [6.45, 7) is 0. The molecule has 2 aromatic heterocycles. The van der Waals surface area contributed by atoms with E-state index in [9.17, 15) is 4.79 Å². The number of ketones is 1. The van der Waals surface area contributed by atoms with Crippen LogP contribution in [0.4, 0.5) is 0 Å². The highest BCUT2D eigenvalue weighted by Crippen LogP contribution is 2.33. The molecule has 0 bridgehead atoms. The molecule has 0 aliphatic rings. The van der Waals surface area contributed by atoms with E-state index in [1.807, 2.05) is 41.9 Å². The van der Waals surface area contributed by atoms with E-state index in [2.05, 4.69) is 36.8 Å². The van der Waals surface area contributed by atoms with E-state index >= 15 is 0 Å². The van der Waals surface area contributed by atoms with E-state index in [4.69, 9.17) is 0 Å². The molecule has 0 unspecified atom stereocenters. The van der Waals surface area contributed by atoms with Gasteiger partial charge in [0.05, 0.1) is 26.1 Å². The molecule has 0 aliphatic heterocycles. The lowest BCUT2D eigenvalue weighted by Gasteiger charge is -2.00. The number of para-hydroxylation sites is 2. The second-order valence-electron chi connectivity index (χ2n) is 4.41. The Labute approximate surface area is 136 Å². The van der Waals surface area contributed by atoms with Gasteiger partial charge in [0.2, 0.25) is 0 Å². The monoisotopic (exact) mass is 412 g/mol. The number of rotatable bonds is 3. The Bertz CT molecular complexity index is 787. The fraction of sp³-hybridized carbons (Fsp3) is 0.143. The zero-order valence-corrected chi connectivity index (χ0v) is 14.5. The Hall–Kier alpha value is -0.980. The molecule has 0 saturated carbocycles. The van der Waals surface area contributed by atoms with Crippen LogP contribution in [0, 0.1) is 0 Å². The van der Waals surface area contributed by atoms with Crippen LogP contribution < -0.4 is 0 Å². The summed E-state index contributed by atoms with van der Waals surface area (Å²) in [5, 5.41) is 0. The lowest BCUT2D eigenvalue weighted by molar-refractivity contribution is 0.0994. The highest BCUT2D eigenvalue weighted by molar-refractivity contribution is 9.13. The molecule has 0 radical (unpaired) electrons. The first-order valence-corrected chi connectivity index (χ1v) is 8.35. The van der Waals surface area contributed by atoms with Crippen molar-refractivity contribution in [3.63, 3.8) is 0 Å². The number of Topliss-reactive ketones (excluding diaryl/α,β-unsaturated/α-hetero) is 1. The van der Waals surface area contributed by atoms with E-state index in [-0.39, 0.29) is 5.78 Å². The smallest absolute Gasteiger partial charge is 0.180 e. The summed E-state index contributed by atoms with van der Waals surface area (Å²) < 4.78 is 3.83. The number of halogens is 2. The van der Waals surface area contributed by atoms with Crippen LogP contribution in [0.25, 0.3) is 11.0 Å². The zero-order chi connectivity index (χ0) is 14.3. The molecule has 6 heteroatoms. The molecular weight excluding hydrogens is 404 g/mol. The number of aryl methyl sites for hydroxylation is 1. The number of carbonyl (C=O) groups is 1. The van der Waals surface area contributed by atoms with Gasteiger partial charge in [-0.2, -0.15) is 0 Å². The standard InChI is InChI=1S/C14H10Br2N2OS/c1-18-10-5-3-2-4-9(10)17-13(18)7-11(19)12-6-8(15)14(16)20-12/h2-6H,7H2,1H3. The molecule has 3 nitrogen and oxygen atoms in total. The Kier molecular flexibility index (Phi) is 3.79. The van der Waals surface area contributed by atoms with Gasteiger partial charge in [-0.3, -0.25) is 4.79 Å². The number of benzene rings is 1. The van der Waals surface area contributed by atoms with Gasteiger partial charge in [0.25, 0.3) is 0 Å².